The monoisotopic (exact) mass is 382 g/mol. The van der Waals surface area contributed by atoms with Gasteiger partial charge in [0.2, 0.25) is 0 Å². The van der Waals surface area contributed by atoms with Gasteiger partial charge in [-0.25, -0.2) is 0 Å². The average molecular weight is 383 g/mol. The first-order valence-electron chi connectivity index (χ1n) is 9.42. The second-order valence-electron chi connectivity index (χ2n) is 6.93. The number of rotatable bonds is 10. The lowest BCUT2D eigenvalue weighted by atomic mass is 10.1. The summed E-state index contributed by atoms with van der Waals surface area (Å²) >= 11 is 0. The molecule has 5 heteroatoms. The lowest BCUT2D eigenvalue weighted by Gasteiger charge is -2.23. The molecule has 0 aromatic heterocycles. The standard InChI is InChI=1S/C23H30N2O3/c1-19(26)28-22-13-12-20(17-23(22)27-4)11-8-14-25(16-15-24(2)3)18-21-9-6-5-7-10-21/h5-13,17H,14-16,18H2,1-4H3. The topological polar surface area (TPSA) is 42.0 Å². The van der Waals surface area contributed by atoms with Crippen LogP contribution in [0.2, 0.25) is 0 Å². The number of hydrogen-bond donors (Lipinski definition) is 0. The van der Waals surface area contributed by atoms with Crippen LogP contribution in [0.15, 0.2) is 54.6 Å². The normalized spacial score (nSPS) is 11.4. The molecule has 2 aromatic rings. The van der Waals surface area contributed by atoms with Gasteiger partial charge in [-0.15, -0.1) is 0 Å². The van der Waals surface area contributed by atoms with E-state index in [9.17, 15) is 4.79 Å². The Hall–Kier alpha value is -2.63. The molecular weight excluding hydrogens is 352 g/mol. The number of nitrogens with zero attached hydrogens (tertiary/aromatic N) is 2. The number of methoxy groups -OCH3 is 1. The summed E-state index contributed by atoms with van der Waals surface area (Å²) in [6, 6.07) is 16.1. The smallest absolute Gasteiger partial charge is 0.308 e. The maximum atomic E-state index is 11.2. The molecule has 5 nitrogen and oxygen atoms in total. The minimum Gasteiger partial charge on any atom is -0.493 e. The van der Waals surface area contributed by atoms with E-state index < -0.39 is 0 Å². The highest BCUT2D eigenvalue weighted by Crippen LogP contribution is 2.28. The number of carbonyl (C=O) groups excluding carboxylic acids is 1. The molecule has 0 heterocycles. The molecule has 0 amide bonds. The van der Waals surface area contributed by atoms with Crippen molar-refractivity contribution in [3.63, 3.8) is 0 Å². The molecule has 0 N–H and O–H groups in total. The molecule has 0 radical (unpaired) electrons. The Labute approximate surface area is 168 Å². The fourth-order valence-electron chi connectivity index (χ4n) is 2.78. The summed E-state index contributed by atoms with van der Waals surface area (Å²) in [5, 5.41) is 0. The highest BCUT2D eigenvalue weighted by atomic mass is 16.6. The molecule has 0 aliphatic heterocycles. The fourth-order valence-corrected chi connectivity index (χ4v) is 2.78. The minimum absolute atomic E-state index is 0.362. The molecular formula is C23H30N2O3. The van der Waals surface area contributed by atoms with E-state index in [0.717, 1.165) is 31.7 Å². The van der Waals surface area contributed by atoms with Gasteiger partial charge in [0.25, 0.3) is 0 Å². The van der Waals surface area contributed by atoms with E-state index in [1.807, 2.05) is 18.2 Å². The SMILES string of the molecule is COc1cc(C=CCN(CCN(C)C)Cc2ccccc2)ccc1OC(C)=O. The van der Waals surface area contributed by atoms with Crippen LogP contribution in [0, 0.1) is 0 Å². The highest BCUT2D eigenvalue weighted by molar-refractivity contribution is 5.71. The Morgan fingerprint density at radius 1 is 1.04 bits per heavy atom. The third-order valence-corrected chi connectivity index (χ3v) is 4.23. The molecule has 0 fully saturated rings. The zero-order chi connectivity index (χ0) is 20.4. The van der Waals surface area contributed by atoms with Crippen molar-refractivity contribution in [2.75, 3.05) is 40.8 Å². The molecule has 0 unspecified atom stereocenters. The lowest BCUT2D eigenvalue weighted by molar-refractivity contribution is -0.132. The number of ether oxygens (including phenoxy) is 2. The van der Waals surface area contributed by atoms with Gasteiger partial charge in [-0.05, 0) is 37.4 Å². The zero-order valence-electron chi connectivity index (χ0n) is 17.2. The van der Waals surface area contributed by atoms with Crippen LogP contribution < -0.4 is 9.47 Å². The Morgan fingerprint density at radius 2 is 1.79 bits per heavy atom. The number of likely N-dealkylation sites (N-methyl/N-ethyl adjacent to an activating group) is 1. The number of hydrogen-bond acceptors (Lipinski definition) is 5. The van der Waals surface area contributed by atoms with Crippen molar-refractivity contribution >= 4 is 12.0 Å². The summed E-state index contributed by atoms with van der Waals surface area (Å²) < 4.78 is 10.5. The van der Waals surface area contributed by atoms with Gasteiger partial charge in [-0.1, -0.05) is 48.6 Å². The van der Waals surface area contributed by atoms with Gasteiger partial charge in [0.15, 0.2) is 11.5 Å². The first-order chi connectivity index (χ1) is 13.5. The first kappa shape index (κ1) is 21.7. The van der Waals surface area contributed by atoms with E-state index in [2.05, 4.69) is 60.3 Å². The molecule has 0 aliphatic rings. The summed E-state index contributed by atoms with van der Waals surface area (Å²) in [4.78, 5) is 15.8. The maximum absolute atomic E-state index is 11.2. The van der Waals surface area contributed by atoms with Gasteiger partial charge < -0.3 is 14.4 Å². The number of esters is 1. The van der Waals surface area contributed by atoms with Crippen LogP contribution in [-0.4, -0.2) is 56.6 Å². The summed E-state index contributed by atoms with van der Waals surface area (Å²) in [5.74, 6) is 0.619. The van der Waals surface area contributed by atoms with Gasteiger partial charge in [0, 0.05) is 33.1 Å². The average Bonchev–Trinajstić information content (AvgIpc) is 2.67. The summed E-state index contributed by atoms with van der Waals surface area (Å²) in [7, 11) is 5.75. The predicted molar refractivity (Wildman–Crippen MR) is 114 cm³/mol. The van der Waals surface area contributed by atoms with Crippen LogP contribution in [0.25, 0.3) is 6.08 Å². The van der Waals surface area contributed by atoms with E-state index >= 15 is 0 Å². The lowest BCUT2D eigenvalue weighted by Crippen LogP contribution is -2.31. The van der Waals surface area contributed by atoms with E-state index in [1.165, 1.54) is 12.5 Å². The van der Waals surface area contributed by atoms with Crippen molar-refractivity contribution in [2.45, 2.75) is 13.5 Å². The molecule has 0 bridgehead atoms. The van der Waals surface area contributed by atoms with Crippen molar-refractivity contribution < 1.29 is 14.3 Å². The van der Waals surface area contributed by atoms with Gasteiger partial charge in [-0.2, -0.15) is 0 Å². The molecule has 0 saturated carbocycles. The molecule has 0 saturated heterocycles. The number of carbonyl (C=O) groups is 1. The summed E-state index contributed by atoms with van der Waals surface area (Å²) in [6.45, 7) is 5.12. The quantitative estimate of drug-likeness (QED) is 0.463. The Kier molecular flexibility index (Phi) is 8.72. The van der Waals surface area contributed by atoms with Gasteiger partial charge >= 0.3 is 5.97 Å². The summed E-state index contributed by atoms with van der Waals surface area (Å²) in [6.07, 6.45) is 4.21. The molecule has 2 aromatic carbocycles. The molecule has 28 heavy (non-hydrogen) atoms. The van der Waals surface area contributed by atoms with Crippen LogP contribution in [0.3, 0.4) is 0 Å². The van der Waals surface area contributed by atoms with Crippen LogP contribution in [0.1, 0.15) is 18.1 Å². The number of benzene rings is 2. The highest BCUT2D eigenvalue weighted by Gasteiger charge is 2.08. The van der Waals surface area contributed by atoms with E-state index in [0.29, 0.717) is 11.5 Å². The van der Waals surface area contributed by atoms with Crippen LogP contribution in [-0.2, 0) is 11.3 Å². The van der Waals surface area contributed by atoms with Crippen molar-refractivity contribution in [1.82, 2.24) is 9.80 Å². The van der Waals surface area contributed by atoms with Gasteiger partial charge in [0.1, 0.15) is 0 Å². The maximum Gasteiger partial charge on any atom is 0.308 e. The van der Waals surface area contributed by atoms with E-state index in [4.69, 9.17) is 9.47 Å². The molecule has 0 atom stereocenters. The molecule has 150 valence electrons. The third-order valence-electron chi connectivity index (χ3n) is 4.23. The van der Waals surface area contributed by atoms with E-state index in [1.54, 1.807) is 13.2 Å². The molecule has 0 spiro atoms. The Balaban J connectivity index is 2.03. The van der Waals surface area contributed by atoms with E-state index in [-0.39, 0.29) is 5.97 Å². The van der Waals surface area contributed by atoms with Crippen molar-refractivity contribution in [1.29, 1.82) is 0 Å². The van der Waals surface area contributed by atoms with Crippen molar-refractivity contribution in [2.24, 2.45) is 0 Å². The first-order valence-corrected chi connectivity index (χ1v) is 9.42. The largest absolute Gasteiger partial charge is 0.493 e. The fraction of sp³-hybridized carbons (Fsp3) is 0.348. The molecule has 2 rings (SSSR count). The Bertz CT molecular complexity index is 773. The van der Waals surface area contributed by atoms with Crippen molar-refractivity contribution in [3.8, 4) is 11.5 Å². The van der Waals surface area contributed by atoms with Crippen LogP contribution in [0.4, 0.5) is 0 Å². The second kappa shape index (κ2) is 11.3. The Morgan fingerprint density at radius 3 is 2.43 bits per heavy atom. The van der Waals surface area contributed by atoms with Crippen LogP contribution >= 0.6 is 0 Å². The molecule has 0 aliphatic carbocycles. The third kappa shape index (κ3) is 7.55. The van der Waals surface area contributed by atoms with Crippen LogP contribution in [0.5, 0.6) is 11.5 Å². The summed E-state index contributed by atoms with van der Waals surface area (Å²) in [5.41, 5.74) is 2.31. The predicted octanol–water partition coefficient (Wildman–Crippen LogP) is 3.70. The van der Waals surface area contributed by atoms with Gasteiger partial charge in [0.05, 0.1) is 7.11 Å². The minimum atomic E-state index is -0.362. The second-order valence-corrected chi connectivity index (χ2v) is 6.93. The van der Waals surface area contributed by atoms with Crippen molar-refractivity contribution in [3.05, 3.63) is 65.7 Å². The van der Waals surface area contributed by atoms with Gasteiger partial charge in [-0.3, -0.25) is 9.69 Å². The zero-order valence-corrected chi connectivity index (χ0v) is 17.2.